The third kappa shape index (κ3) is 8.04. The molecule has 0 unspecified atom stereocenters. The van der Waals surface area contributed by atoms with Gasteiger partial charge in [-0.1, -0.05) is 30.3 Å². The molecule has 0 aromatic heterocycles. The molecule has 3 amide bonds. The van der Waals surface area contributed by atoms with E-state index in [4.69, 9.17) is 15.2 Å². The summed E-state index contributed by atoms with van der Waals surface area (Å²) in [6.45, 7) is 2.92. The maximum absolute atomic E-state index is 12.3. The van der Waals surface area contributed by atoms with Crippen molar-refractivity contribution in [3.63, 3.8) is 0 Å². The largest absolute Gasteiger partial charge is 0.466 e. The van der Waals surface area contributed by atoms with E-state index in [1.165, 1.54) is 6.92 Å². The van der Waals surface area contributed by atoms with Gasteiger partial charge < -0.3 is 30.9 Å². The van der Waals surface area contributed by atoms with Gasteiger partial charge in [0.15, 0.2) is 0 Å². The van der Waals surface area contributed by atoms with Gasteiger partial charge in [0, 0.05) is 0 Å². The molecule has 28 heavy (non-hydrogen) atoms. The van der Waals surface area contributed by atoms with Crippen molar-refractivity contribution in [3.05, 3.63) is 35.9 Å². The Balaban J connectivity index is 2.66. The van der Waals surface area contributed by atoms with Crippen LogP contribution in [0, 0.1) is 0 Å². The Hall–Kier alpha value is -3.14. The zero-order chi connectivity index (χ0) is 21.1. The molecule has 10 nitrogen and oxygen atoms in total. The van der Waals surface area contributed by atoms with Gasteiger partial charge in [-0.2, -0.15) is 0 Å². The van der Waals surface area contributed by atoms with Gasteiger partial charge in [-0.3, -0.25) is 14.4 Å². The Morgan fingerprint density at radius 1 is 1.11 bits per heavy atom. The number of hydrogen-bond donors (Lipinski definition) is 4. The summed E-state index contributed by atoms with van der Waals surface area (Å²) < 4.78 is 9.71. The number of amides is 3. The number of nitrogens with one attached hydrogen (secondary N) is 2. The smallest absolute Gasteiger partial charge is 0.408 e. The van der Waals surface area contributed by atoms with Crippen molar-refractivity contribution in [2.75, 3.05) is 6.61 Å². The Morgan fingerprint density at radius 2 is 1.75 bits per heavy atom. The van der Waals surface area contributed by atoms with E-state index >= 15 is 0 Å². The number of benzene rings is 1. The van der Waals surface area contributed by atoms with Gasteiger partial charge >= 0.3 is 12.1 Å². The second kappa shape index (κ2) is 11.5. The number of carbonyl (C=O) groups is 4. The van der Waals surface area contributed by atoms with E-state index in [1.54, 1.807) is 31.2 Å². The lowest BCUT2D eigenvalue weighted by molar-refractivity contribution is -0.145. The topological polar surface area (TPSA) is 157 Å². The molecule has 0 aliphatic heterocycles. The molecule has 0 aliphatic carbocycles. The molecule has 0 spiro atoms. The highest BCUT2D eigenvalue weighted by Crippen LogP contribution is 2.03. The van der Waals surface area contributed by atoms with Gasteiger partial charge in [0.05, 0.1) is 19.1 Å². The monoisotopic (exact) mass is 395 g/mol. The predicted octanol–water partition coefficient (Wildman–Crippen LogP) is -0.414. The van der Waals surface area contributed by atoms with Gasteiger partial charge in [-0.25, -0.2) is 4.79 Å². The minimum atomic E-state index is -1.42. The van der Waals surface area contributed by atoms with Crippen molar-refractivity contribution in [2.45, 2.75) is 45.1 Å². The lowest BCUT2D eigenvalue weighted by atomic mass is 10.1. The quantitative estimate of drug-likeness (QED) is 0.392. The van der Waals surface area contributed by atoms with Crippen molar-refractivity contribution in [2.24, 2.45) is 5.73 Å². The average molecular weight is 395 g/mol. The summed E-state index contributed by atoms with van der Waals surface area (Å²) in [5.74, 6) is -2.59. The second-order valence-electron chi connectivity index (χ2n) is 5.90. The molecular weight excluding hydrogens is 370 g/mol. The molecule has 1 aromatic rings. The van der Waals surface area contributed by atoms with Crippen LogP contribution in [-0.2, 0) is 30.5 Å². The lowest BCUT2D eigenvalue weighted by Crippen LogP contribution is -2.57. The number of aliphatic hydroxyl groups excluding tert-OH is 1. The Kier molecular flexibility index (Phi) is 9.44. The highest BCUT2D eigenvalue weighted by molar-refractivity contribution is 5.93. The minimum absolute atomic E-state index is 0.0341. The van der Waals surface area contributed by atoms with Crippen LogP contribution in [0.3, 0.4) is 0 Å². The molecule has 0 fully saturated rings. The van der Waals surface area contributed by atoms with Crippen molar-refractivity contribution in [1.82, 2.24) is 10.6 Å². The van der Waals surface area contributed by atoms with Gasteiger partial charge in [0.2, 0.25) is 11.8 Å². The second-order valence-corrected chi connectivity index (χ2v) is 5.90. The molecule has 0 bridgehead atoms. The first-order chi connectivity index (χ1) is 13.2. The summed E-state index contributed by atoms with van der Waals surface area (Å²) in [6, 6.07) is 6.08. The van der Waals surface area contributed by atoms with Crippen LogP contribution in [-0.4, -0.2) is 53.8 Å². The molecule has 0 radical (unpaired) electrons. The van der Waals surface area contributed by atoms with Gasteiger partial charge in [0.1, 0.15) is 18.7 Å². The predicted molar refractivity (Wildman–Crippen MR) is 97.6 cm³/mol. The molecule has 154 valence electrons. The third-order valence-electron chi connectivity index (χ3n) is 3.59. The van der Waals surface area contributed by atoms with Crippen LogP contribution in [0.4, 0.5) is 4.79 Å². The fourth-order valence-electron chi connectivity index (χ4n) is 2.17. The van der Waals surface area contributed by atoms with Gasteiger partial charge in [-0.15, -0.1) is 0 Å². The Morgan fingerprint density at radius 3 is 2.29 bits per heavy atom. The molecule has 5 N–H and O–H groups in total. The van der Waals surface area contributed by atoms with E-state index in [9.17, 15) is 24.3 Å². The number of hydrogen-bond acceptors (Lipinski definition) is 7. The van der Waals surface area contributed by atoms with E-state index in [2.05, 4.69) is 10.6 Å². The number of carbonyl (C=O) groups excluding carboxylic acids is 4. The van der Waals surface area contributed by atoms with E-state index in [0.717, 1.165) is 5.56 Å². The fraction of sp³-hybridized carbons (Fsp3) is 0.444. The first-order valence-corrected chi connectivity index (χ1v) is 8.65. The van der Waals surface area contributed by atoms with E-state index in [0.29, 0.717) is 0 Å². The first-order valence-electron chi connectivity index (χ1n) is 8.65. The SMILES string of the molecule is CCOC(=O)C[C@@H](NC(=O)[C@@H](NC(=O)OCc1ccccc1)[C@@H](C)O)C(N)=O. The van der Waals surface area contributed by atoms with Crippen LogP contribution in [0.5, 0.6) is 0 Å². The highest BCUT2D eigenvalue weighted by atomic mass is 16.5. The van der Waals surface area contributed by atoms with Crippen LogP contribution in [0.15, 0.2) is 30.3 Å². The number of alkyl carbamates (subject to hydrolysis) is 1. The Labute approximate surface area is 162 Å². The van der Waals surface area contributed by atoms with Crippen molar-refractivity contribution >= 4 is 23.9 Å². The van der Waals surface area contributed by atoms with Crippen LogP contribution in [0.25, 0.3) is 0 Å². The van der Waals surface area contributed by atoms with Crippen molar-refractivity contribution < 1.29 is 33.8 Å². The van der Waals surface area contributed by atoms with E-state index < -0.39 is 48.5 Å². The summed E-state index contributed by atoms with van der Waals surface area (Å²) in [5, 5.41) is 14.2. The molecule has 1 rings (SSSR count). The van der Waals surface area contributed by atoms with Crippen LogP contribution in [0.1, 0.15) is 25.8 Å². The number of aliphatic hydroxyl groups is 1. The number of esters is 1. The number of primary amides is 1. The molecular formula is C18H25N3O7. The molecule has 10 heteroatoms. The molecule has 1 aromatic carbocycles. The highest BCUT2D eigenvalue weighted by Gasteiger charge is 2.30. The summed E-state index contributed by atoms with van der Waals surface area (Å²) >= 11 is 0. The Bertz CT molecular complexity index is 679. The minimum Gasteiger partial charge on any atom is -0.466 e. The third-order valence-corrected chi connectivity index (χ3v) is 3.59. The summed E-state index contributed by atoms with van der Waals surface area (Å²) in [5.41, 5.74) is 5.92. The summed E-state index contributed by atoms with van der Waals surface area (Å²) in [7, 11) is 0. The lowest BCUT2D eigenvalue weighted by Gasteiger charge is -2.23. The standard InChI is InChI=1S/C18H25N3O7/c1-3-27-14(23)9-13(16(19)24)20-17(25)15(11(2)22)21-18(26)28-10-12-7-5-4-6-8-12/h4-8,11,13,15,22H,3,9-10H2,1-2H3,(H2,19,24)(H,20,25)(H,21,26)/t11-,13-,15+/m1/s1. The van der Waals surface area contributed by atoms with Gasteiger partial charge in [0.25, 0.3) is 0 Å². The summed E-state index contributed by atoms with van der Waals surface area (Å²) in [6.07, 6.45) is -2.72. The van der Waals surface area contributed by atoms with Crippen LogP contribution < -0.4 is 16.4 Å². The molecule has 0 saturated heterocycles. The average Bonchev–Trinajstić information content (AvgIpc) is 2.64. The number of nitrogens with two attached hydrogens (primary N) is 1. The maximum Gasteiger partial charge on any atom is 0.408 e. The fourth-order valence-corrected chi connectivity index (χ4v) is 2.17. The first kappa shape index (κ1) is 22.9. The maximum atomic E-state index is 12.3. The van der Waals surface area contributed by atoms with Crippen LogP contribution >= 0.6 is 0 Å². The molecule has 0 aliphatic rings. The zero-order valence-electron chi connectivity index (χ0n) is 15.7. The van der Waals surface area contributed by atoms with E-state index in [1.807, 2.05) is 6.07 Å². The molecule has 0 heterocycles. The molecule has 3 atom stereocenters. The van der Waals surface area contributed by atoms with E-state index in [-0.39, 0.29) is 13.2 Å². The number of ether oxygens (including phenoxy) is 2. The van der Waals surface area contributed by atoms with Crippen molar-refractivity contribution in [3.8, 4) is 0 Å². The normalized spacial score (nSPS) is 13.5. The van der Waals surface area contributed by atoms with Crippen molar-refractivity contribution in [1.29, 1.82) is 0 Å². The summed E-state index contributed by atoms with van der Waals surface area (Å²) in [4.78, 5) is 47.3. The zero-order valence-corrected chi connectivity index (χ0v) is 15.7. The van der Waals surface area contributed by atoms with Gasteiger partial charge in [-0.05, 0) is 19.4 Å². The number of rotatable bonds is 10. The van der Waals surface area contributed by atoms with Crippen LogP contribution in [0.2, 0.25) is 0 Å². The molecule has 0 saturated carbocycles.